The highest BCUT2D eigenvalue weighted by Gasteiger charge is 2.30. The molecule has 1 aromatic carbocycles. The molecule has 2 saturated heterocycles. The van der Waals surface area contributed by atoms with Crippen LogP contribution in [0.4, 0.5) is 0 Å². The van der Waals surface area contributed by atoms with Crippen LogP contribution in [0.3, 0.4) is 0 Å². The number of aryl methyl sites for hydroxylation is 1. The Morgan fingerprint density at radius 2 is 1.74 bits per heavy atom. The van der Waals surface area contributed by atoms with Crippen molar-refractivity contribution in [2.24, 2.45) is 5.92 Å². The van der Waals surface area contributed by atoms with Crippen LogP contribution < -0.4 is 5.32 Å². The van der Waals surface area contributed by atoms with Gasteiger partial charge in [0.2, 0.25) is 11.8 Å². The van der Waals surface area contributed by atoms with Crippen LogP contribution in [0.1, 0.15) is 17.5 Å². The van der Waals surface area contributed by atoms with E-state index >= 15 is 0 Å². The first kappa shape index (κ1) is 16.0. The second kappa shape index (κ2) is 7.13. The first-order valence-corrected chi connectivity index (χ1v) is 8.46. The van der Waals surface area contributed by atoms with E-state index < -0.39 is 0 Å². The van der Waals surface area contributed by atoms with Crippen molar-refractivity contribution in [3.05, 3.63) is 35.4 Å². The Balaban J connectivity index is 1.49. The molecule has 0 spiro atoms. The van der Waals surface area contributed by atoms with E-state index in [0.717, 1.165) is 25.1 Å². The van der Waals surface area contributed by atoms with E-state index in [1.807, 2.05) is 41.0 Å². The van der Waals surface area contributed by atoms with Gasteiger partial charge in [-0.2, -0.15) is 0 Å². The molecular formula is C18H25N3O2. The summed E-state index contributed by atoms with van der Waals surface area (Å²) in [5, 5.41) is 3.24. The van der Waals surface area contributed by atoms with Crippen LogP contribution in [-0.2, 0) is 16.0 Å². The summed E-state index contributed by atoms with van der Waals surface area (Å²) in [5.41, 5.74) is 2.26. The number of carbonyl (C=O) groups excluding carboxylic acids is 2. The molecule has 2 fully saturated rings. The van der Waals surface area contributed by atoms with E-state index in [0.29, 0.717) is 32.6 Å². The van der Waals surface area contributed by atoms with Gasteiger partial charge in [-0.15, -0.1) is 0 Å². The van der Waals surface area contributed by atoms with Crippen molar-refractivity contribution in [1.82, 2.24) is 15.1 Å². The monoisotopic (exact) mass is 315 g/mol. The van der Waals surface area contributed by atoms with Crippen LogP contribution in [0.2, 0.25) is 0 Å². The second-order valence-electron chi connectivity index (χ2n) is 6.56. The Hall–Kier alpha value is -1.88. The average molecular weight is 315 g/mol. The zero-order valence-electron chi connectivity index (χ0n) is 13.8. The fraction of sp³-hybridized carbons (Fsp3) is 0.556. The number of hydrogen-bond acceptors (Lipinski definition) is 3. The molecule has 5 nitrogen and oxygen atoms in total. The van der Waals surface area contributed by atoms with E-state index in [9.17, 15) is 9.59 Å². The molecule has 0 bridgehead atoms. The molecule has 1 N–H and O–H groups in total. The van der Waals surface area contributed by atoms with Gasteiger partial charge in [-0.1, -0.05) is 29.8 Å². The van der Waals surface area contributed by atoms with Gasteiger partial charge in [0.25, 0.3) is 0 Å². The standard InChI is InChI=1S/C18H25N3O2/c1-14-2-4-15(5-3-14)12-17(22)20-8-10-21(11-9-20)18(23)16-6-7-19-13-16/h2-5,16,19H,6-13H2,1H3. The number of benzene rings is 1. The maximum atomic E-state index is 12.4. The third kappa shape index (κ3) is 3.91. The SMILES string of the molecule is Cc1ccc(CC(=O)N2CCN(C(=O)C3CCNC3)CC2)cc1. The molecule has 2 heterocycles. The maximum absolute atomic E-state index is 12.4. The zero-order chi connectivity index (χ0) is 16.2. The number of nitrogens with one attached hydrogen (secondary N) is 1. The molecule has 3 rings (SSSR count). The molecule has 1 atom stereocenters. The van der Waals surface area contributed by atoms with Crippen molar-refractivity contribution in [1.29, 1.82) is 0 Å². The van der Waals surface area contributed by atoms with Crippen LogP contribution >= 0.6 is 0 Å². The summed E-state index contributed by atoms with van der Waals surface area (Å²) in [7, 11) is 0. The molecule has 0 aliphatic carbocycles. The fourth-order valence-corrected chi connectivity index (χ4v) is 3.29. The summed E-state index contributed by atoms with van der Waals surface area (Å²) < 4.78 is 0. The van der Waals surface area contributed by atoms with Crippen LogP contribution in [0.25, 0.3) is 0 Å². The summed E-state index contributed by atoms with van der Waals surface area (Å²) in [6.45, 7) is 6.40. The smallest absolute Gasteiger partial charge is 0.227 e. The van der Waals surface area contributed by atoms with Crippen molar-refractivity contribution in [2.45, 2.75) is 19.8 Å². The average Bonchev–Trinajstić information content (AvgIpc) is 3.11. The van der Waals surface area contributed by atoms with Crippen molar-refractivity contribution < 1.29 is 9.59 Å². The molecule has 0 aromatic heterocycles. The van der Waals surface area contributed by atoms with Gasteiger partial charge in [-0.05, 0) is 25.5 Å². The Bertz CT molecular complexity index is 556. The minimum absolute atomic E-state index is 0.129. The quantitative estimate of drug-likeness (QED) is 0.898. The predicted octanol–water partition coefficient (Wildman–Crippen LogP) is 0.818. The Labute approximate surface area is 137 Å². The molecule has 0 radical (unpaired) electrons. The molecule has 2 aliphatic rings. The summed E-state index contributed by atoms with van der Waals surface area (Å²) in [6, 6.07) is 8.10. The number of rotatable bonds is 3. The largest absolute Gasteiger partial charge is 0.339 e. The highest BCUT2D eigenvalue weighted by Crippen LogP contribution is 2.14. The maximum Gasteiger partial charge on any atom is 0.227 e. The Morgan fingerprint density at radius 3 is 2.35 bits per heavy atom. The van der Waals surface area contributed by atoms with Gasteiger partial charge in [0, 0.05) is 32.7 Å². The lowest BCUT2D eigenvalue weighted by atomic mass is 10.1. The van der Waals surface area contributed by atoms with E-state index in [1.165, 1.54) is 5.56 Å². The summed E-state index contributed by atoms with van der Waals surface area (Å²) in [5.74, 6) is 0.536. The lowest BCUT2D eigenvalue weighted by Gasteiger charge is -2.36. The number of amides is 2. The lowest BCUT2D eigenvalue weighted by Crippen LogP contribution is -2.52. The fourth-order valence-electron chi connectivity index (χ4n) is 3.29. The van der Waals surface area contributed by atoms with Crippen molar-refractivity contribution in [3.63, 3.8) is 0 Å². The van der Waals surface area contributed by atoms with Crippen molar-refractivity contribution >= 4 is 11.8 Å². The minimum Gasteiger partial charge on any atom is -0.339 e. The van der Waals surface area contributed by atoms with Crippen LogP contribution in [0.15, 0.2) is 24.3 Å². The second-order valence-corrected chi connectivity index (χ2v) is 6.56. The van der Waals surface area contributed by atoms with Crippen LogP contribution in [0.5, 0.6) is 0 Å². The lowest BCUT2D eigenvalue weighted by molar-refractivity contribution is -0.141. The summed E-state index contributed by atoms with van der Waals surface area (Å²) in [4.78, 5) is 28.6. The number of nitrogens with zero attached hydrogens (tertiary/aromatic N) is 2. The summed E-state index contributed by atoms with van der Waals surface area (Å²) in [6.07, 6.45) is 1.38. The van der Waals surface area contributed by atoms with Crippen molar-refractivity contribution in [3.8, 4) is 0 Å². The van der Waals surface area contributed by atoms with Crippen LogP contribution in [0, 0.1) is 12.8 Å². The van der Waals surface area contributed by atoms with Crippen molar-refractivity contribution in [2.75, 3.05) is 39.3 Å². The number of carbonyl (C=O) groups is 2. The predicted molar refractivity (Wildman–Crippen MR) is 89.0 cm³/mol. The van der Waals surface area contributed by atoms with Gasteiger partial charge < -0.3 is 15.1 Å². The third-order valence-electron chi connectivity index (χ3n) is 4.83. The van der Waals surface area contributed by atoms with Gasteiger partial charge in [0.1, 0.15) is 0 Å². The third-order valence-corrected chi connectivity index (χ3v) is 4.83. The Morgan fingerprint density at radius 1 is 1.09 bits per heavy atom. The topological polar surface area (TPSA) is 52.7 Å². The minimum atomic E-state index is 0.129. The molecule has 1 unspecified atom stereocenters. The van der Waals surface area contributed by atoms with Gasteiger partial charge in [0.15, 0.2) is 0 Å². The van der Waals surface area contributed by atoms with Crippen LogP contribution in [-0.4, -0.2) is 60.9 Å². The van der Waals surface area contributed by atoms with Gasteiger partial charge >= 0.3 is 0 Å². The first-order chi connectivity index (χ1) is 11.1. The first-order valence-electron chi connectivity index (χ1n) is 8.46. The van der Waals surface area contributed by atoms with Gasteiger partial charge in [0.05, 0.1) is 12.3 Å². The van der Waals surface area contributed by atoms with E-state index in [4.69, 9.17) is 0 Å². The normalized spacial score (nSPS) is 21.5. The Kier molecular flexibility index (Phi) is 4.96. The van der Waals surface area contributed by atoms with Gasteiger partial charge in [-0.25, -0.2) is 0 Å². The highest BCUT2D eigenvalue weighted by atomic mass is 16.2. The highest BCUT2D eigenvalue weighted by molar-refractivity contribution is 5.81. The molecule has 2 amide bonds. The van der Waals surface area contributed by atoms with E-state index in [-0.39, 0.29) is 17.7 Å². The molecule has 2 aliphatic heterocycles. The van der Waals surface area contributed by atoms with Gasteiger partial charge in [-0.3, -0.25) is 9.59 Å². The number of hydrogen-bond donors (Lipinski definition) is 1. The van der Waals surface area contributed by atoms with E-state index in [2.05, 4.69) is 5.32 Å². The molecular weight excluding hydrogens is 290 g/mol. The number of piperazine rings is 1. The molecule has 23 heavy (non-hydrogen) atoms. The summed E-state index contributed by atoms with van der Waals surface area (Å²) >= 11 is 0. The molecule has 124 valence electrons. The molecule has 5 heteroatoms. The molecule has 0 saturated carbocycles. The molecule has 1 aromatic rings. The zero-order valence-corrected chi connectivity index (χ0v) is 13.8. The van der Waals surface area contributed by atoms with E-state index in [1.54, 1.807) is 0 Å².